The first-order chi connectivity index (χ1) is 8.79. The van der Waals surface area contributed by atoms with Gasteiger partial charge in [-0.25, -0.2) is 4.68 Å². The number of nitrogens with two attached hydrogens (primary N) is 1. The molecule has 0 saturated carbocycles. The molecule has 1 aromatic heterocycles. The Labute approximate surface area is 105 Å². The molecule has 18 heavy (non-hydrogen) atoms. The van der Waals surface area contributed by atoms with Crippen LogP contribution in [0.5, 0.6) is 0 Å². The SMILES string of the molecule is Cc1ccc(CN)c(-n2nnc3ccccc32)c1. The van der Waals surface area contributed by atoms with Crippen molar-refractivity contribution >= 4 is 11.0 Å². The molecule has 0 unspecified atom stereocenters. The van der Waals surface area contributed by atoms with Crippen molar-refractivity contribution in [3.8, 4) is 5.69 Å². The predicted octanol–water partition coefficient (Wildman–Crippen LogP) is 2.19. The standard InChI is InChI=1S/C14H14N4/c1-10-6-7-11(9-15)14(8-10)18-13-5-3-2-4-12(13)16-17-18/h2-8H,9,15H2,1H3. The maximum atomic E-state index is 5.79. The molecule has 0 saturated heterocycles. The number of benzene rings is 2. The molecule has 0 bridgehead atoms. The van der Waals surface area contributed by atoms with Crippen LogP contribution in [0.4, 0.5) is 0 Å². The van der Waals surface area contributed by atoms with Crippen molar-refractivity contribution in [2.24, 2.45) is 5.73 Å². The van der Waals surface area contributed by atoms with E-state index in [0.717, 1.165) is 22.3 Å². The second-order valence-electron chi connectivity index (χ2n) is 4.33. The van der Waals surface area contributed by atoms with Gasteiger partial charge in [-0.1, -0.05) is 29.5 Å². The highest BCUT2D eigenvalue weighted by Crippen LogP contribution is 2.20. The Balaban J connectivity index is 2.29. The minimum atomic E-state index is 0.490. The van der Waals surface area contributed by atoms with Gasteiger partial charge in [0.15, 0.2) is 0 Å². The third-order valence-corrected chi connectivity index (χ3v) is 3.04. The zero-order valence-corrected chi connectivity index (χ0v) is 10.2. The van der Waals surface area contributed by atoms with E-state index < -0.39 is 0 Å². The fourth-order valence-electron chi connectivity index (χ4n) is 2.09. The van der Waals surface area contributed by atoms with Crippen LogP contribution < -0.4 is 5.73 Å². The summed E-state index contributed by atoms with van der Waals surface area (Å²) < 4.78 is 1.85. The van der Waals surface area contributed by atoms with Crippen LogP contribution >= 0.6 is 0 Å². The molecule has 0 aliphatic carbocycles. The van der Waals surface area contributed by atoms with Crippen LogP contribution in [0.25, 0.3) is 16.7 Å². The number of fused-ring (bicyclic) bond motifs is 1. The smallest absolute Gasteiger partial charge is 0.113 e. The molecule has 0 aliphatic heterocycles. The molecule has 3 aromatic rings. The second-order valence-corrected chi connectivity index (χ2v) is 4.33. The van der Waals surface area contributed by atoms with Gasteiger partial charge in [0.1, 0.15) is 5.52 Å². The van der Waals surface area contributed by atoms with E-state index in [2.05, 4.69) is 29.4 Å². The van der Waals surface area contributed by atoms with Crippen LogP contribution in [0.15, 0.2) is 42.5 Å². The summed E-state index contributed by atoms with van der Waals surface area (Å²) in [5.41, 5.74) is 10.9. The Hall–Kier alpha value is -2.20. The fourth-order valence-corrected chi connectivity index (χ4v) is 2.09. The van der Waals surface area contributed by atoms with E-state index >= 15 is 0 Å². The van der Waals surface area contributed by atoms with E-state index in [-0.39, 0.29) is 0 Å². The Bertz CT molecular complexity index is 700. The van der Waals surface area contributed by atoms with Gasteiger partial charge in [0.2, 0.25) is 0 Å². The summed E-state index contributed by atoms with van der Waals surface area (Å²) in [6, 6.07) is 14.1. The average Bonchev–Trinajstić information content (AvgIpc) is 2.82. The van der Waals surface area contributed by atoms with Crippen molar-refractivity contribution in [1.82, 2.24) is 15.0 Å². The average molecular weight is 238 g/mol. The molecular formula is C14H14N4. The third-order valence-electron chi connectivity index (χ3n) is 3.04. The third kappa shape index (κ3) is 1.67. The highest BCUT2D eigenvalue weighted by atomic mass is 15.4. The molecule has 2 N–H and O–H groups in total. The minimum Gasteiger partial charge on any atom is -0.326 e. The van der Waals surface area contributed by atoms with Crippen molar-refractivity contribution in [2.75, 3.05) is 0 Å². The Morgan fingerprint density at radius 2 is 2.00 bits per heavy atom. The summed E-state index contributed by atoms with van der Waals surface area (Å²) in [6.45, 7) is 2.55. The van der Waals surface area contributed by atoms with Crippen LogP contribution in [0.1, 0.15) is 11.1 Å². The van der Waals surface area contributed by atoms with Gasteiger partial charge in [-0.3, -0.25) is 0 Å². The van der Waals surface area contributed by atoms with E-state index in [9.17, 15) is 0 Å². The molecule has 4 heteroatoms. The highest BCUT2D eigenvalue weighted by molar-refractivity contribution is 5.76. The first-order valence-corrected chi connectivity index (χ1v) is 5.90. The first kappa shape index (κ1) is 10.9. The molecule has 4 nitrogen and oxygen atoms in total. The van der Waals surface area contributed by atoms with Gasteiger partial charge < -0.3 is 5.73 Å². The zero-order chi connectivity index (χ0) is 12.5. The summed E-state index contributed by atoms with van der Waals surface area (Å²) in [6.07, 6.45) is 0. The zero-order valence-electron chi connectivity index (χ0n) is 10.2. The summed E-state index contributed by atoms with van der Waals surface area (Å²) in [5.74, 6) is 0. The molecule has 0 atom stereocenters. The maximum Gasteiger partial charge on any atom is 0.113 e. The minimum absolute atomic E-state index is 0.490. The molecule has 0 fully saturated rings. The van der Waals surface area contributed by atoms with E-state index in [0.29, 0.717) is 6.54 Å². The van der Waals surface area contributed by atoms with Gasteiger partial charge in [-0.05, 0) is 36.2 Å². The molecule has 2 aromatic carbocycles. The molecule has 1 heterocycles. The Kier molecular flexibility index (Phi) is 2.57. The molecular weight excluding hydrogens is 224 g/mol. The van der Waals surface area contributed by atoms with Crippen LogP contribution in [-0.2, 0) is 6.54 Å². The number of para-hydroxylation sites is 1. The predicted molar refractivity (Wildman–Crippen MR) is 71.5 cm³/mol. The summed E-state index contributed by atoms with van der Waals surface area (Å²) in [7, 11) is 0. The van der Waals surface area contributed by atoms with Crippen LogP contribution in [-0.4, -0.2) is 15.0 Å². The van der Waals surface area contributed by atoms with E-state index in [4.69, 9.17) is 5.73 Å². The molecule has 0 radical (unpaired) electrons. The van der Waals surface area contributed by atoms with Crippen molar-refractivity contribution < 1.29 is 0 Å². The van der Waals surface area contributed by atoms with Crippen molar-refractivity contribution in [2.45, 2.75) is 13.5 Å². The topological polar surface area (TPSA) is 56.7 Å². The molecule has 90 valence electrons. The van der Waals surface area contributed by atoms with Crippen LogP contribution in [0, 0.1) is 6.92 Å². The quantitative estimate of drug-likeness (QED) is 0.744. The lowest BCUT2D eigenvalue weighted by Gasteiger charge is -2.09. The van der Waals surface area contributed by atoms with E-state index in [1.54, 1.807) is 0 Å². The summed E-state index contributed by atoms with van der Waals surface area (Å²) in [5, 5.41) is 8.40. The monoisotopic (exact) mass is 238 g/mol. The normalized spacial score (nSPS) is 11.0. The van der Waals surface area contributed by atoms with Gasteiger partial charge in [-0.2, -0.15) is 0 Å². The highest BCUT2D eigenvalue weighted by Gasteiger charge is 2.09. The van der Waals surface area contributed by atoms with Crippen molar-refractivity contribution in [1.29, 1.82) is 0 Å². The molecule has 0 amide bonds. The molecule has 0 aliphatic rings. The lowest BCUT2D eigenvalue weighted by Crippen LogP contribution is -2.06. The summed E-state index contributed by atoms with van der Waals surface area (Å²) in [4.78, 5) is 0. The van der Waals surface area contributed by atoms with Gasteiger partial charge >= 0.3 is 0 Å². The fraction of sp³-hybridized carbons (Fsp3) is 0.143. The van der Waals surface area contributed by atoms with Crippen LogP contribution in [0.2, 0.25) is 0 Å². The number of hydrogen-bond acceptors (Lipinski definition) is 3. The largest absolute Gasteiger partial charge is 0.326 e. The number of aromatic nitrogens is 3. The first-order valence-electron chi connectivity index (χ1n) is 5.90. The van der Waals surface area contributed by atoms with Crippen molar-refractivity contribution in [3.63, 3.8) is 0 Å². The molecule has 3 rings (SSSR count). The summed E-state index contributed by atoms with van der Waals surface area (Å²) >= 11 is 0. The Morgan fingerprint density at radius 3 is 2.83 bits per heavy atom. The van der Waals surface area contributed by atoms with Gasteiger partial charge in [0.05, 0.1) is 11.2 Å². The number of nitrogens with zero attached hydrogens (tertiary/aromatic N) is 3. The van der Waals surface area contributed by atoms with Crippen molar-refractivity contribution in [3.05, 3.63) is 53.6 Å². The van der Waals surface area contributed by atoms with Gasteiger partial charge in [-0.15, -0.1) is 5.10 Å². The van der Waals surface area contributed by atoms with E-state index in [1.165, 1.54) is 5.56 Å². The van der Waals surface area contributed by atoms with Gasteiger partial charge in [0.25, 0.3) is 0 Å². The lowest BCUT2D eigenvalue weighted by molar-refractivity contribution is 0.810. The van der Waals surface area contributed by atoms with E-state index in [1.807, 2.05) is 35.0 Å². The number of aryl methyl sites for hydroxylation is 1. The lowest BCUT2D eigenvalue weighted by atomic mass is 10.1. The Morgan fingerprint density at radius 1 is 1.17 bits per heavy atom. The molecule has 0 spiro atoms. The number of rotatable bonds is 2. The maximum absolute atomic E-state index is 5.79. The van der Waals surface area contributed by atoms with Gasteiger partial charge in [0, 0.05) is 6.54 Å². The second kappa shape index (κ2) is 4.23. The number of hydrogen-bond donors (Lipinski definition) is 1. The van der Waals surface area contributed by atoms with Crippen LogP contribution in [0.3, 0.4) is 0 Å².